The van der Waals surface area contributed by atoms with Gasteiger partial charge in [-0.3, -0.25) is 4.90 Å². The largest absolute Gasteiger partial charge is 0.476 e. The number of ether oxygens (including phenoxy) is 1. The van der Waals surface area contributed by atoms with E-state index in [4.69, 9.17) is 20.8 Å². The molecule has 5 heteroatoms. The second kappa shape index (κ2) is 5.84. The van der Waals surface area contributed by atoms with E-state index >= 15 is 0 Å². The highest BCUT2D eigenvalue weighted by molar-refractivity contribution is 6.33. The van der Waals surface area contributed by atoms with Gasteiger partial charge in [0.15, 0.2) is 0 Å². The molecule has 1 aliphatic carbocycles. The second-order valence-electron chi connectivity index (χ2n) is 6.42. The van der Waals surface area contributed by atoms with Gasteiger partial charge in [0.05, 0.1) is 10.6 Å². The van der Waals surface area contributed by atoms with E-state index in [2.05, 4.69) is 11.8 Å². The summed E-state index contributed by atoms with van der Waals surface area (Å²) < 4.78 is 11.6. The molecule has 0 atom stereocenters. The van der Waals surface area contributed by atoms with Crippen LogP contribution >= 0.6 is 11.6 Å². The van der Waals surface area contributed by atoms with Gasteiger partial charge in [0, 0.05) is 24.0 Å². The van der Waals surface area contributed by atoms with Gasteiger partial charge in [0.1, 0.15) is 18.1 Å². The number of rotatable bonds is 2. The highest BCUT2D eigenvalue weighted by Gasteiger charge is 2.27. The maximum absolute atomic E-state index is 12.4. The lowest BCUT2D eigenvalue weighted by Crippen LogP contribution is -2.33. The Morgan fingerprint density at radius 1 is 1.22 bits per heavy atom. The van der Waals surface area contributed by atoms with Crippen molar-refractivity contribution in [1.82, 2.24) is 4.90 Å². The van der Waals surface area contributed by atoms with Crippen molar-refractivity contribution in [2.24, 2.45) is 0 Å². The normalized spacial score (nSPS) is 17.7. The number of nitrogens with zero attached hydrogens (tertiary/aromatic N) is 1. The standard InChI is InChI=1S/C18H20ClNO3/c1-2-7-20-9-14-16-13(8-15(19)17(14)22-10-20)11-5-3-4-6-12(11)18(21)23-16/h8H,2-7,9-10H2,1H3. The maximum atomic E-state index is 12.4. The minimum atomic E-state index is -0.190. The molecule has 0 amide bonds. The van der Waals surface area contributed by atoms with Gasteiger partial charge in [-0.05, 0) is 43.7 Å². The first-order chi connectivity index (χ1) is 11.2. The minimum Gasteiger partial charge on any atom is -0.476 e. The van der Waals surface area contributed by atoms with E-state index in [0.717, 1.165) is 60.7 Å². The third-order valence-electron chi connectivity index (χ3n) is 4.83. The number of benzene rings is 1. The summed E-state index contributed by atoms with van der Waals surface area (Å²) in [5.41, 5.74) is 3.35. The molecule has 0 saturated carbocycles. The molecule has 1 aliphatic heterocycles. The van der Waals surface area contributed by atoms with E-state index in [1.807, 2.05) is 6.07 Å². The van der Waals surface area contributed by atoms with Crippen molar-refractivity contribution >= 4 is 22.6 Å². The van der Waals surface area contributed by atoms with E-state index in [9.17, 15) is 4.79 Å². The summed E-state index contributed by atoms with van der Waals surface area (Å²) in [5, 5.41) is 1.61. The molecule has 1 aromatic heterocycles. The maximum Gasteiger partial charge on any atom is 0.339 e. The van der Waals surface area contributed by atoms with Gasteiger partial charge >= 0.3 is 5.63 Å². The van der Waals surface area contributed by atoms with E-state index in [1.54, 1.807) is 0 Å². The van der Waals surface area contributed by atoms with Crippen LogP contribution in [0.4, 0.5) is 0 Å². The molecule has 0 saturated heterocycles. The smallest absolute Gasteiger partial charge is 0.339 e. The first kappa shape index (κ1) is 15.0. The van der Waals surface area contributed by atoms with Crippen LogP contribution in [0.3, 0.4) is 0 Å². The highest BCUT2D eigenvalue weighted by atomic mass is 35.5. The fourth-order valence-electron chi connectivity index (χ4n) is 3.78. The third kappa shape index (κ3) is 2.45. The summed E-state index contributed by atoms with van der Waals surface area (Å²) in [6.07, 6.45) is 4.94. The molecular weight excluding hydrogens is 314 g/mol. The zero-order valence-electron chi connectivity index (χ0n) is 13.3. The van der Waals surface area contributed by atoms with Crippen molar-refractivity contribution in [3.8, 4) is 5.75 Å². The van der Waals surface area contributed by atoms with Crippen LogP contribution < -0.4 is 10.4 Å². The summed E-state index contributed by atoms with van der Waals surface area (Å²) in [6, 6.07) is 1.91. The molecule has 4 rings (SSSR count). The highest BCUT2D eigenvalue weighted by Crippen LogP contribution is 2.40. The quantitative estimate of drug-likeness (QED) is 0.782. The van der Waals surface area contributed by atoms with Gasteiger partial charge in [-0.25, -0.2) is 4.79 Å². The Morgan fingerprint density at radius 2 is 2.00 bits per heavy atom. The Labute approximate surface area is 140 Å². The van der Waals surface area contributed by atoms with E-state index in [0.29, 0.717) is 29.6 Å². The number of fused-ring (bicyclic) bond motifs is 5. The molecule has 0 bridgehead atoms. The Kier molecular flexibility index (Phi) is 3.82. The molecule has 2 aromatic rings. The lowest BCUT2D eigenvalue weighted by Gasteiger charge is -2.30. The third-order valence-corrected chi connectivity index (χ3v) is 5.11. The number of hydrogen-bond donors (Lipinski definition) is 0. The zero-order valence-corrected chi connectivity index (χ0v) is 14.0. The second-order valence-corrected chi connectivity index (χ2v) is 6.83. The molecule has 0 spiro atoms. The predicted molar refractivity (Wildman–Crippen MR) is 90.3 cm³/mol. The molecule has 4 nitrogen and oxygen atoms in total. The first-order valence-corrected chi connectivity index (χ1v) is 8.72. The molecular formula is C18H20ClNO3. The van der Waals surface area contributed by atoms with Crippen LogP contribution in [0, 0.1) is 0 Å². The van der Waals surface area contributed by atoms with Crippen LogP contribution in [0.2, 0.25) is 5.02 Å². The van der Waals surface area contributed by atoms with Gasteiger partial charge in [-0.2, -0.15) is 0 Å². The molecule has 0 N–H and O–H groups in total. The fraction of sp³-hybridized carbons (Fsp3) is 0.500. The summed E-state index contributed by atoms with van der Waals surface area (Å²) in [6.45, 7) is 4.33. The molecule has 2 heterocycles. The topological polar surface area (TPSA) is 42.7 Å². The number of hydrogen-bond acceptors (Lipinski definition) is 4. The summed E-state index contributed by atoms with van der Waals surface area (Å²) in [5.74, 6) is 0.672. The lowest BCUT2D eigenvalue weighted by molar-refractivity contribution is 0.0958. The fourth-order valence-corrected chi connectivity index (χ4v) is 4.05. The molecule has 23 heavy (non-hydrogen) atoms. The Bertz CT molecular complexity index is 827. The molecule has 1 aromatic carbocycles. The number of aryl methyl sites for hydroxylation is 1. The van der Waals surface area contributed by atoms with Gasteiger partial charge in [0.2, 0.25) is 0 Å². The first-order valence-electron chi connectivity index (χ1n) is 8.34. The molecule has 0 fully saturated rings. The Morgan fingerprint density at radius 3 is 2.78 bits per heavy atom. The summed E-state index contributed by atoms with van der Waals surface area (Å²) >= 11 is 6.46. The van der Waals surface area contributed by atoms with Crippen molar-refractivity contribution in [2.75, 3.05) is 13.3 Å². The van der Waals surface area contributed by atoms with Crippen molar-refractivity contribution in [2.45, 2.75) is 45.6 Å². The monoisotopic (exact) mass is 333 g/mol. The van der Waals surface area contributed by atoms with E-state index in [1.165, 1.54) is 0 Å². The summed E-state index contributed by atoms with van der Waals surface area (Å²) in [7, 11) is 0. The van der Waals surface area contributed by atoms with Crippen molar-refractivity contribution in [3.63, 3.8) is 0 Å². The predicted octanol–water partition coefficient (Wildman–Crippen LogP) is 3.89. The van der Waals surface area contributed by atoms with Crippen molar-refractivity contribution in [1.29, 1.82) is 0 Å². The summed E-state index contributed by atoms with van der Waals surface area (Å²) in [4.78, 5) is 14.6. The number of halogens is 1. The average molecular weight is 334 g/mol. The average Bonchev–Trinajstić information content (AvgIpc) is 2.57. The Balaban J connectivity index is 1.96. The Hall–Kier alpha value is -1.52. The molecule has 0 unspecified atom stereocenters. The van der Waals surface area contributed by atoms with Crippen LogP contribution in [0.15, 0.2) is 15.3 Å². The zero-order chi connectivity index (χ0) is 16.0. The molecule has 0 radical (unpaired) electrons. The van der Waals surface area contributed by atoms with Gasteiger partial charge < -0.3 is 9.15 Å². The van der Waals surface area contributed by atoms with Gasteiger partial charge in [-0.15, -0.1) is 0 Å². The van der Waals surface area contributed by atoms with Crippen LogP contribution in [-0.4, -0.2) is 18.2 Å². The van der Waals surface area contributed by atoms with E-state index < -0.39 is 0 Å². The molecule has 122 valence electrons. The minimum absolute atomic E-state index is 0.190. The van der Waals surface area contributed by atoms with Crippen LogP contribution in [0.1, 0.15) is 42.9 Å². The van der Waals surface area contributed by atoms with Crippen LogP contribution in [0.5, 0.6) is 5.75 Å². The lowest BCUT2D eigenvalue weighted by atomic mass is 9.90. The SMILES string of the molecule is CCCN1COc2c(Cl)cc3c4c(c(=O)oc3c2C1)CCCC4. The van der Waals surface area contributed by atoms with E-state index in [-0.39, 0.29) is 5.63 Å². The van der Waals surface area contributed by atoms with Crippen LogP contribution in [-0.2, 0) is 19.4 Å². The van der Waals surface area contributed by atoms with Gasteiger partial charge in [-0.1, -0.05) is 18.5 Å². The van der Waals surface area contributed by atoms with Crippen molar-refractivity contribution < 1.29 is 9.15 Å². The van der Waals surface area contributed by atoms with Crippen LogP contribution in [0.25, 0.3) is 11.0 Å². The van der Waals surface area contributed by atoms with Gasteiger partial charge in [0.25, 0.3) is 0 Å². The van der Waals surface area contributed by atoms with Crippen molar-refractivity contribution in [3.05, 3.63) is 38.2 Å². The molecule has 2 aliphatic rings.